The first-order valence-corrected chi connectivity index (χ1v) is 10.1. The zero-order valence-corrected chi connectivity index (χ0v) is 16.6. The normalized spacial score (nSPS) is 33.1. The van der Waals surface area contributed by atoms with Crippen LogP contribution in [0.2, 0.25) is 15.1 Å². The van der Waals surface area contributed by atoms with Gasteiger partial charge in [-0.05, 0) is 75.5 Å². The van der Waals surface area contributed by atoms with Gasteiger partial charge in [0.25, 0.3) is 0 Å². The van der Waals surface area contributed by atoms with E-state index in [9.17, 15) is 4.79 Å². The number of rotatable bonds is 4. The highest BCUT2D eigenvalue weighted by Crippen LogP contribution is 2.57. The van der Waals surface area contributed by atoms with Crippen LogP contribution in [0.25, 0.3) is 0 Å². The predicted molar refractivity (Wildman–Crippen MR) is 104 cm³/mol. The molecule has 0 spiro atoms. The summed E-state index contributed by atoms with van der Waals surface area (Å²) in [7, 11) is 2.10. The minimum atomic E-state index is -0.0569. The lowest BCUT2D eigenvalue weighted by Crippen LogP contribution is -2.59. The van der Waals surface area contributed by atoms with Crippen LogP contribution in [0.4, 0.5) is 5.69 Å². The van der Waals surface area contributed by atoms with Gasteiger partial charge in [-0.1, -0.05) is 34.8 Å². The van der Waals surface area contributed by atoms with Gasteiger partial charge in [0.05, 0.1) is 27.3 Å². The lowest BCUT2D eigenvalue weighted by atomic mass is 9.52. The maximum Gasteiger partial charge on any atom is 0.238 e. The third-order valence-electron chi connectivity index (χ3n) is 6.48. The maximum absolute atomic E-state index is 12.6. The summed E-state index contributed by atoms with van der Waals surface area (Å²) in [5, 5.41) is 4.06. The molecule has 4 saturated carbocycles. The van der Waals surface area contributed by atoms with Gasteiger partial charge in [-0.25, -0.2) is 0 Å². The summed E-state index contributed by atoms with van der Waals surface area (Å²) < 4.78 is 0. The van der Waals surface area contributed by atoms with Crippen LogP contribution in [0.1, 0.15) is 38.5 Å². The predicted octanol–water partition coefficient (Wildman–Crippen LogP) is 5.49. The molecular weight excluding hydrogens is 379 g/mol. The summed E-state index contributed by atoms with van der Waals surface area (Å²) in [4.78, 5) is 14.9. The third kappa shape index (κ3) is 3.41. The molecule has 3 nitrogen and oxygen atoms in total. The van der Waals surface area contributed by atoms with Crippen LogP contribution in [0, 0.1) is 17.8 Å². The van der Waals surface area contributed by atoms with Gasteiger partial charge in [0, 0.05) is 5.54 Å². The molecule has 4 fully saturated rings. The average molecular weight is 402 g/mol. The monoisotopic (exact) mass is 400 g/mol. The van der Waals surface area contributed by atoms with Crippen molar-refractivity contribution in [3.63, 3.8) is 0 Å². The topological polar surface area (TPSA) is 32.3 Å². The molecule has 6 heteroatoms. The van der Waals surface area contributed by atoms with E-state index in [2.05, 4.69) is 17.3 Å². The number of halogens is 3. The molecule has 4 aliphatic carbocycles. The van der Waals surface area contributed by atoms with E-state index in [1.165, 1.54) is 38.5 Å². The molecule has 1 amide bonds. The van der Waals surface area contributed by atoms with Crippen LogP contribution < -0.4 is 5.32 Å². The molecule has 0 heterocycles. The Hall–Kier alpha value is -0.480. The fourth-order valence-corrected chi connectivity index (χ4v) is 6.32. The zero-order chi connectivity index (χ0) is 17.8. The van der Waals surface area contributed by atoms with E-state index in [4.69, 9.17) is 34.8 Å². The van der Waals surface area contributed by atoms with Crippen LogP contribution in [0.5, 0.6) is 0 Å². The lowest BCUT2D eigenvalue weighted by molar-refractivity contribution is -0.123. The largest absolute Gasteiger partial charge is 0.324 e. The van der Waals surface area contributed by atoms with Crippen molar-refractivity contribution in [2.24, 2.45) is 17.8 Å². The number of benzene rings is 1. The Morgan fingerprint density at radius 1 is 1.04 bits per heavy atom. The Labute approximate surface area is 164 Å². The summed E-state index contributed by atoms with van der Waals surface area (Å²) in [5.74, 6) is 2.53. The molecule has 5 rings (SSSR count). The number of amides is 1. The molecule has 4 aliphatic rings. The van der Waals surface area contributed by atoms with Crippen molar-refractivity contribution in [3.05, 3.63) is 27.2 Å². The van der Waals surface area contributed by atoms with Crippen molar-refractivity contribution >= 4 is 46.4 Å². The zero-order valence-electron chi connectivity index (χ0n) is 14.3. The van der Waals surface area contributed by atoms with Crippen molar-refractivity contribution in [2.75, 3.05) is 18.9 Å². The summed E-state index contributed by atoms with van der Waals surface area (Å²) in [6, 6.07) is 3.17. The minimum absolute atomic E-state index is 0.0569. The highest BCUT2D eigenvalue weighted by molar-refractivity contribution is 6.44. The van der Waals surface area contributed by atoms with Gasteiger partial charge in [-0.3, -0.25) is 9.69 Å². The number of nitrogens with one attached hydrogen (secondary N) is 1. The second kappa shape index (κ2) is 6.60. The third-order valence-corrected chi connectivity index (χ3v) is 7.52. The first-order chi connectivity index (χ1) is 11.8. The molecule has 4 bridgehead atoms. The molecule has 1 aromatic carbocycles. The van der Waals surface area contributed by atoms with E-state index in [1.807, 2.05) is 0 Å². The molecule has 25 heavy (non-hydrogen) atoms. The fourth-order valence-electron chi connectivity index (χ4n) is 5.72. The number of anilines is 1. The van der Waals surface area contributed by atoms with Crippen LogP contribution in [0.15, 0.2) is 12.1 Å². The number of hydrogen-bond donors (Lipinski definition) is 1. The number of carbonyl (C=O) groups is 1. The van der Waals surface area contributed by atoms with E-state index in [-0.39, 0.29) is 11.4 Å². The molecule has 0 unspecified atom stereocenters. The van der Waals surface area contributed by atoms with Gasteiger partial charge in [-0.2, -0.15) is 0 Å². The van der Waals surface area contributed by atoms with Gasteiger partial charge < -0.3 is 5.32 Å². The second-order valence-electron chi connectivity index (χ2n) is 8.29. The number of nitrogens with zero attached hydrogens (tertiary/aromatic N) is 1. The highest BCUT2D eigenvalue weighted by Gasteiger charge is 2.52. The summed E-state index contributed by atoms with van der Waals surface area (Å²) in [6.07, 6.45) is 7.94. The molecule has 0 aliphatic heterocycles. The number of carbonyl (C=O) groups excluding carboxylic acids is 1. The van der Waals surface area contributed by atoms with Crippen molar-refractivity contribution < 1.29 is 4.79 Å². The number of hydrogen-bond acceptors (Lipinski definition) is 2. The van der Waals surface area contributed by atoms with Crippen LogP contribution in [-0.4, -0.2) is 29.9 Å². The molecule has 0 atom stereocenters. The highest BCUT2D eigenvalue weighted by atomic mass is 35.5. The van der Waals surface area contributed by atoms with E-state index in [0.717, 1.165) is 17.8 Å². The van der Waals surface area contributed by atoms with Gasteiger partial charge in [0.1, 0.15) is 0 Å². The summed E-state index contributed by atoms with van der Waals surface area (Å²) in [5.41, 5.74) is 0.730. The first-order valence-electron chi connectivity index (χ1n) is 9.00. The minimum Gasteiger partial charge on any atom is -0.324 e. The van der Waals surface area contributed by atoms with Crippen molar-refractivity contribution in [3.8, 4) is 0 Å². The van der Waals surface area contributed by atoms with E-state index in [0.29, 0.717) is 27.3 Å². The Kier molecular flexibility index (Phi) is 4.73. The average Bonchev–Trinajstić information content (AvgIpc) is 2.51. The second-order valence-corrected chi connectivity index (χ2v) is 9.51. The van der Waals surface area contributed by atoms with Crippen molar-refractivity contribution in [2.45, 2.75) is 44.1 Å². The van der Waals surface area contributed by atoms with E-state index in [1.54, 1.807) is 12.1 Å². The fraction of sp³-hybridized carbons (Fsp3) is 0.632. The van der Waals surface area contributed by atoms with Crippen molar-refractivity contribution in [1.29, 1.82) is 0 Å². The molecule has 0 aromatic heterocycles. The Balaban J connectivity index is 1.44. The van der Waals surface area contributed by atoms with E-state index < -0.39 is 0 Å². The van der Waals surface area contributed by atoms with Gasteiger partial charge in [0.2, 0.25) is 5.91 Å². The molecular formula is C19H23Cl3N2O. The lowest BCUT2D eigenvalue weighted by Gasteiger charge is -2.59. The van der Waals surface area contributed by atoms with Gasteiger partial charge in [0.15, 0.2) is 0 Å². The Morgan fingerprint density at radius 2 is 1.56 bits per heavy atom. The molecule has 1 aromatic rings. The molecule has 136 valence electrons. The van der Waals surface area contributed by atoms with Crippen LogP contribution in [-0.2, 0) is 4.79 Å². The Bertz CT molecular complexity index is 671. The smallest absolute Gasteiger partial charge is 0.238 e. The Morgan fingerprint density at radius 3 is 2.12 bits per heavy atom. The molecule has 0 saturated heterocycles. The summed E-state index contributed by atoms with van der Waals surface area (Å²) in [6.45, 7) is 0.378. The van der Waals surface area contributed by atoms with Crippen LogP contribution in [0.3, 0.4) is 0 Å². The SMILES string of the molecule is CN(CC(=O)Nc1cc(Cl)c(Cl)cc1Cl)C12CC3CC(CC(C3)C1)C2. The van der Waals surface area contributed by atoms with Gasteiger partial charge in [-0.15, -0.1) is 0 Å². The molecule has 0 radical (unpaired) electrons. The summed E-state index contributed by atoms with van der Waals surface area (Å²) >= 11 is 18.1. The quantitative estimate of drug-likeness (QED) is 0.677. The standard InChI is InChI=1S/C19H23Cl3N2O/c1-24(19-7-11-2-12(8-19)4-13(3-11)9-19)10-18(25)23-17-6-15(21)14(20)5-16(17)22/h5-6,11-13H,2-4,7-10H2,1H3,(H,23,25). The number of likely N-dealkylation sites (N-methyl/N-ethyl adjacent to an activating group) is 1. The maximum atomic E-state index is 12.6. The van der Waals surface area contributed by atoms with Gasteiger partial charge >= 0.3 is 0 Å². The van der Waals surface area contributed by atoms with Crippen LogP contribution >= 0.6 is 34.8 Å². The molecule has 1 N–H and O–H groups in total. The van der Waals surface area contributed by atoms with Crippen molar-refractivity contribution in [1.82, 2.24) is 4.90 Å². The van der Waals surface area contributed by atoms with E-state index >= 15 is 0 Å². The first kappa shape index (κ1) is 17.9.